The molecule has 23 heavy (non-hydrogen) atoms. The average molecular weight is 337 g/mol. The first-order chi connectivity index (χ1) is 11.0. The minimum absolute atomic E-state index is 0.104. The van der Waals surface area contributed by atoms with E-state index in [1.54, 1.807) is 12.1 Å². The van der Waals surface area contributed by atoms with Crippen LogP contribution in [0.3, 0.4) is 0 Å². The zero-order valence-electron chi connectivity index (χ0n) is 13.3. The minimum atomic E-state index is -0.455. The van der Waals surface area contributed by atoms with Crippen molar-refractivity contribution in [2.75, 3.05) is 20.7 Å². The van der Waals surface area contributed by atoms with Crippen molar-refractivity contribution >= 4 is 23.5 Å². The number of nitrogens with zero attached hydrogens (tertiary/aromatic N) is 1. The molecular formula is C17H21ClN2O3. The lowest BCUT2D eigenvalue weighted by molar-refractivity contribution is -0.145. The van der Waals surface area contributed by atoms with Gasteiger partial charge < -0.3 is 10.1 Å². The van der Waals surface area contributed by atoms with Gasteiger partial charge in [-0.25, -0.2) is 0 Å². The van der Waals surface area contributed by atoms with E-state index in [-0.39, 0.29) is 23.8 Å². The molecule has 0 aromatic heterocycles. The molecule has 1 heterocycles. The van der Waals surface area contributed by atoms with E-state index in [1.165, 1.54) is 7.11 Å². The molecular weight excluding hydrogens is 316 g/mol. The predicted molar refractivity (Wildman–Crippen MR) is 89.1 cm³/mol. The van der Waals surface area contributed by atoms with Gasteiger partial charge >= 0.3 is 5.97 Å². The number of hydrogen-bond acceptors (Lipinski definition) is 4. The van der Waals surface area contributed by atoms with Crippen LogP contribution in [0.25, 0.3) is 0 Å². The Labute approximate surface area is 141 Å². The number of carbonyl (C=O) groups is 2. The second-order valence-electron chi connectivity index (χ2n) is 5.58. The zero-order valence-corrected chi connectivity index (χ0v) is 14.0. The number of benzene rings is 1. The molecule has 5 nitrogen and oxygen atoms in total. The van der Waals surface area contributed by atoms with Gasteiger partial charge in [0, 0.05) is 17.6 Å². The van der Waals surface area contributed by atoms with Gasteiger partial charge in [0.15, 0.2) is 0 Å². The molecule has 124 valence electrons. The van der Waals surface area contributed by atoms with Crippen LogP contribution in [-0.4, -0.2) is 43.5 Å². The van der Waals surface area contributed by atoms with Crippen molar-refractivity contribution in [3.8, 4) is 0 Å². The lowest BCUT2D eigenvalue weighted by Gasteiger charge is -2.27. The molecule has 0 bridgehead atoms. The van der Waals surface area contributed by atoms with Crippen LogP contribution >= 0.6 is 11.6 Å². The third kappa shape index (κ3) is 3.74. The number of likely N-dealkylation sites (tertiary alicyclic amines) is 1. The van der Waals surface area contributed by atoms with Crippen molar-refractivity contribution in [3.63, 3.8) is 0 Å². The third-order valence-electron chi connectivity index (χ3n) is 4.21. The minimum Gasteiger partial charge on any atom is -0.468 e. The molecule has 2 rings (SSSR count). The molecule has 1 aromatic rings. The highest BCUT2D eigenvalue weighted by Gasteiger charge is 2.46. The van der Waals surface area contributed by atoms with Gasteiger partial charge in [0.05, 0.1) is 13.0 Å². The Bertz CT molecular complexity index is 605. The van der Waals surface area contributed by atoms with Crippen LogP contribution in [-0.2, 0) is 14.3 Å². The summed E-state index contributed by atoms with van der Waals surface area (Å²) in [5.41, 5.74) is 0.908. The van der Waals surface area contributed by atoms with Gasteiger partial charge in [-0.2, -0.15) is 0 Å². The van der Waals surface area contributed by atoms with Gasteiger partial charge in [-0.3, -0.25) is 14.5 Å². The number of esters is 1. The molecule has 1 aliphatic heterocycles. The number of nitrogens with one attached hydrogen (secondary N) is 1. The largest absolute Gasteiger partial charge is 0.468 e. The third-order valence-corrected chi connectivity index (χ3v) is 4.44. The molecule has 1 aromatic carbocycles. The lowest BCUT2D eigenvalue weighted by atomic mass is 9.92. The molecule has 1 N–H and O–H groups in total. The van der Waals surface area contributed by atoms with E-state index in [2.05, 4.69) is 11.9 Å². The maximum Gasteiger partial charge on any atom is 0.323 e. The van der Waals surface area contributed by atoms with Gasteiger partial charge in [0.1, 0.15) is 6.04 Å². The summed E-state index contributed by atoms with van der Waals surface area (Å²) in [5, 5.41) is 3.42. The van der Waals surface area contributed by atoms with Crippen molar-refractivity contribution in [2.45, 2.75) is 18.5 Å². The van der Waals surface area contributed by atoms with E-state index in [9.17, 15) is 9.59 Å². The Morgan fingerprint density at radius 1 is 1.52 bits per heavy atom. The van der Waals surface area contributed by atoms with E-state index in [1.807, 2.05) is 30.1 Å². The summed E-state index contributed by atoms with van der Waals surface area (Å²) in [5.74, 6) is -0.797. The van der Waals surface area contributed by atoms with E-state index in [0.29, 0.717) is 18.0 Å². The first kappa shape index (κ1) is 17.5. The number of ether oxygens (including phenoxy) is 1. The van der Waals surface area contributed by atoms with Crippen molar-refractivity contribution in [1.29, 1.82) is 0 Å². The van der Waals surface area contributed by atoms with Crippen molar-refractivity contribution < 1.29 is 14.3 Å². The number of methoxy groups -OCH3 is 1. The molecule has 3 atom stereocenters. The van der Waals surface area contributed by atoms with Crippen LogP contribution < -0.4 is 5.32 Å². The number of likely N-dealkylation sites (N-methyl/N-ethyl adjacent to an activating group) is 1. The van der Waals surface area contributed by atoms with Crippen molar-refractivity contribution in [2.24, 2.45) is 5.92 Å². The second kappa shape index (κ2) is 7.62. The molecule has 0 unspecified atom stereocenters. The highest BCUT2D eigenvalue weighted by molar-refractivity contribution is 6.30. The maximum atomic E-state index is 12.5. The summed E-state index contributed by atoms with van der Waals surface area (Å²) in [7, 11) is 3.18. The van der Waals surface area contributed by atoms with Crippen LogP contribution in [0.15, 0.2) is 36.9 Å². The SMILES string of the molecule is C=CCNC(=O)[C@H]1C[C@@H](C(=O)OC)N(C)[C@H]1c1cccc(Cl)c1. The molecule has 0 radical (unpaired) electrons. The molecule has 6 heteroatoms. The lowest BCUT2D eigenvalue weighted by Crippen LogP contribution is -2.36. The molecule has 1 aliphatic rings. The summed E-state index contributed by atoms with van der Waals surface area (Å²) in [6, 6.07) is 6.68. The summed E-state index contributed by atoms with van der Waals surface area (Å²) in [6.07, 6.45) is 2.03. The Kier molecular flexibility index (Phi) is 5.80. The summed E-state index contributed by atoms with van der Waals surface area (Å²) < 4.78 is 4.87. The van der Waals surface area contributed by atoms with E-state index in [4.69, 9.17) is 16.3 Å². The van der Waals surface area contributed by atoms with E-state index < -0.39 is 6.04 Å². The van der Waals surface area contributed by atoms with Gasteiger partial charge in [-0.15, -0.1) is 6.58 Å². The predicted octanol–water partition coefficient (Wildman–Crippen LogP) is 2.18. The van der Waals surface area contributed by atoms with Crippen LogP contribution in [0.2, 0.25) is 5.02 Å². The summed E-state index contributed by atoms with van der Waals surface area (Å²) in [6.45, 7) is 4.00. The van der Waals surface area contributed by atoms with Gasteiger partial charge in [-0.1, -0.05) is 29.8 Å². The normalized spacial score (nSPS) is 24.2. The smallest absolute Gasteiger partial charge is 0.323 e. The van der Waals surface area contributed by atoms with Gasteiger partial charge in [0.25, 0.3) is 0 Å². The monoisotopic (exact) mass is 336 g/mol. The Morgan fingerprint density at radius 3 is 2.87 bits per heavy atom. The van der Waals surface area contributed by atoms with Crippen LogP contribution in [0.1, 0.15) is 18.0 Å². The van der Waals surface area contributed by atoms with Crippen LogP contribution in [0.4, 0.5) is 0 Å². The maximum absolute atomic E-state index is 12.5. The first-order valence-corrected chi connectivity index (χ1v) is 7.81. The van der Waals surface area contributed by atoms with Crippen LogP contribution in [0, 0.1) is 5.92 Å². The number of amides is 1. The van der Waals surface area contributed by atoms with Crippen molar-refractivity contribution in [3.05, 3.63) is 47.5 Å². The quantitative estimate of drug-likeness (QED) is 0.661. The van der Waals surface area contributed by atoms with Gasteiger partial charge in [0.2, 0.25) is 5.91 Å². The van der Waals surface area contributed by atoms with Crippen LogP contribution in [0.5, 0.6) is 0 Å². The number of hydrogen-bond donors (Lipinski definition) is 1. The molecule has 0 aliphatic carbocycles. The molecule has 1 saturated heterocycles. The van der Waals surface area contributed by atoms with Crippen molar-refractivity contribution in [1.82, 2.24) is 10.2 Å². The molecule has 1 amide bonds. The highest BCUT2D eigenvalue weighted by Crippen LogP contribution is 2.41. The van der Waals surface area contributed by atoms with Gasteiger partial charge in [-0.05, 0) is 31.2 Å². The zero-order chi connectivity index (χ0) is 17.0. The van der Waals surface area contributed by atoms with E-state index in [0.717, 1.165) is 5.56 Å². The fourth-order valence-electron chi connectivity index (χ4n) is 3.12. The fraction of sp³-hybridized carbons (Fsp3) is 0.412. The topological polar surface area (TPSA) is 58.6 Å². The number of rotatable bonds is 5. The fourth-order valence-corrected chi connectivity index (χ4v) is 3.32. The van der Waals surface area contributed by atoms with E-state index >= 15 is 0 Å². The Hall–Kier alpha value is -1.85. The Balaban J connectivity index is 2.34. The summed E-state index contributed by atoms with van der Waals surface area (Å²) >= 11 is 6.08. The Morgan fingerprint density at radius 2 is 2.26 bits per heavy atom. The number of halogens is 1. The number of carbonyl (C=O) groups excluding carboxylic acids is 2. The molecule has 1 fully saturated rings. The first-order valence-electron chi connectivity index (χ1n) is 7.43. The standard InChI is InChI=1S/C17H21ClN2O3/c1-4-8-19-16(21)13-10-14(17(22)23-3)20(2)15(13)11-6-5-7-12(18)9-11/h4-7,9,13-15H,1,8,10H2,2-3H3,(H,19,21)/t13-,14-,15-/m0/s1. The average Bonchev–Trinajstić information content (AvgIpc) is 2.89. The second-order valence-corrected chi connectivity index (χ2v) is 6.02. The molecule has 0 spiro atoms. The highest BCUT2D eigenvalue weighted by atomic mass is 35.5. The summed E-state index contributed by atoms with van der Waals surface area (Å²) in [4.78, 5) is 26.4. The molecule has 0 saturated carbocycles.